The lowest BCUT2D eigenvalue weighted by atomic mass is 9.80. The van der Waals surface area contributed by atoms with Gasteiger partial charge in [-0.1, -0.05) is 6.08 Å². The van der Waals surface area contributed by atoms with E-state index in [-0.39, 0.29) is 0 Å². The van der Waals surface area contributed by atoms with Crippen LogP contribution in [0.15, 0.2) is 24.8 Å². The number of allylic oxidation sites excluding steroid dienone is 1. The molecular formula is C15H18IN5. The molecule has 1 aliphatic carbocycles. The average molecular weight is 395 g/mol. The molecule has 1 saturated heterocycles. The minimum Gasteiger partial charge on any atom is -0.383 e. The second-order valence-corrected chi connectivity index (χ2v) is 7.12. The molecule has 0 aromatic carbocycles. The SMILES string of the molecule is Nc1ncnc2c1c(I)cn2[C@H]1C[C@@H](/C=C/N2CCC2)C1. The highest BCUT2D eigenvalue weighted by atomic mass is 127. The number of hydrogen-bond acceptors (Lipinski definition) is 4. The Morgan fingerprint density at radius 1 is 1.29 bits per heavy atom. The van der Waals surface area contributed by atoms with Crippen molar-refractivity contribution in [3.63, 3.8) is 0 Å². The normalized spacial score (nSPS) is 25.3. The molecule has 2 aliphatic rings. The van der Waals surface area contributed by atoms with E-state index in [1.807, 2.05) is 0 Å². The van der Waals surface area contributed by atoms with Crippen molar-refractivity contribution in [3.05, 3.63) is 28.4 Å². The molecule has 0 amide bonds. The van der Waals surface area contributed by atoms with Gasteiger partial charge in [-0.2, -0.15) is 0 Å². The zero-order valence-corrected chi connectivity index (χ0v) is 13.9. The first-order chi connectivity index (χ1) is 10.2. The molecule has 0 atom stereocenters. The summed E-state index contributed by atoms with van der Waals surface area (Å²) < 4.78 is 3.42. The van der Waals surface area contributed by atoms with Crippen LogP contribution >= 0.6 is 22.6 Å². The van der Waals surface area contributed by atoms with Crippen LogP contribution in [0.2, 0.25) is 0 Å². The molecule has 2 fully saturated rings. The van der Waals surface area contributed by atoms with Gasteiger partial charge in [0.15, 0.2) is 0 Å². The van der Waals surface area contributed by atoms with Gasteiger partial charge in [0.05, 0.1) is 5.39 Å². The third-order valence-corrected chi connectivity index (χ3v) is 5.41. The van der Waals surface area contributed by atoms with Crippen molar-refractivity contribution in [1.82, 2.24) is 19.4 Å². The number of fused-ring (bicyclic) bond motifs is 1. The van der Waals surface area contributed by atoms with E-state index in [1.54, 1.807) is 6.33 Å². The van der Waals surface area contributed by atoms with Crippen LogP contribution in [-0.4, -0.2) is 32.5 Å². The molecule has 0 unspecified atom stereocenters. The number of halogens is 1. The van der Waals surface area contributed by atoms with Gasteiger partial charge in [0.25, 0.3) is 0 Å². The Labute approximate surface area is 137 Å². The van der Waals surface area contributed by atoms with E-state index in [2.05, 4.69) is 60.5 Å². The zero-order valence-electron chi connectivity index (χ0n) is 11.7. The van der Waals surface area contributed by atoms with Crippen molar-refractivity contribution in [3.8, 4) is 0 Å². The number of aromatic nitrogens is 3. The molecular weight excluding hydrogens is 377 g/mol. The summed E-state index contributed by atoms with van der Waals surface area (Å²) >= 11 is 2.32. The summed E-state index contributed by atoms with van der Waals surface area (Å²) in [5, 5.41) is 0.998. The summed E-state index contributed by atoms with van der Waals surface area (Å²) in [6.07, 6.45) is 12.1. The molecule has 2 aromatic heterocycles. The van der Waals surface area contributed by atoms with Gasteiger partial charge in [-0.05, 0) is 54.0 Å². The second kappa shape index (κ2) is 5.15. The monoisotopic (exact) mass is 395 g/mol. The maximum Gasteiger partial charge on any atom is 0.146 e. The van der Waals surface area contributed by atoms with Crippen LogP contribution in [0.4, 0.5) is 5.82 Å². The number of nitrogen functional groups attached to an aromatic ring is 1. The minimum absolute atomic E-state index is 0.538. The maximum absolute atomic E-state index is 5.97. The van der Waals surface area contributed by atoms with E-state index in [4.69, 9.17) is 5.73 Å². The van der Waals surface area contributed by atoms with Crippen molar-refractivity contribution in [2.75, 3.05) is 18.8 Å². The first kappa shape index (κ1) is 13.4. The summed E-state index contributed by atoms with van der Waals surface area (Å²) in [5.74, 6) is 1.28. The van der Waals surface area contributed by atoms with E-state index in [0.717, 1.165) is 14.6 Å². The predicted octanol–water partition coefficient (Wildman–Crippen LogP) is 2.79. The number of nitrogens with zero attached hydrogens (tertiary/aromatic N) is 4. The number of hydrogen-bond donors (Lipinski definition) is 1. The highest BCUT2D eigenvalue weighted by molar-refractivity contribution is 14.1. The maximum atomic E-state index is 5.97. The lowest BCUT2D eigenvalue weighted by Crippen LogP contribution is -2.32. The molecule has 5 nitrogen and oxygen atoms in total. The smallest absolute Gasteiger partial charge is 0.146 e. The van der Waals surface area contributed by atoms with E-state index in [9.17, 15) is 0 Å². The van der Waals surface area contributed by atoms with Crippen LogP contribution in [-0.2, 0) is 0 Å². The van der Waals surface area contributed by atoms with E-state index in [0.29, 0.717) is 17.8 Å². The zero-order chi connectivity index (χ0) is 14.4. The molecule has 3 heterocycles. The third kappa shape index (κ3) is 2.29. The molecule has 0 radical (unpaired) electrons. The Kier molecular flexibility index (Phi) is 3.28. The Morgan fingerprint density at radius 2 is 2.10 bits per heavy atom. The van der Waals surface area contributed by atoms with Crippen LogP contribution in [0.1, 0.15) is 25.3 Å². The summed E-state index contributed by atoms with van der Waals surface area (Å²) in [6.45, 7) is 2.45. The van der Waals surface area contributed by atoms with Gasteiger partial charge in [-0.25, -0.2) is 9.97 Å². The molecule has 2 aromatic rings. The van der Waals surface area contributed by atoms with Gasteiger partial charge in [-0.15, -0.1) is 0 Å². The molecule has 1 saturated carbocycles. The topological polar surface area (TPSA) is 60.0 Å². The number of anilines is 1. The molecule has 110 valence electrons. The van der Waals surface area contributed by atoms with E-state index in [1.165, 1.54) is 32.4 Å². The molecule has 1 aliphatic heterocycles. The first-order valence-corrected chi connectivity index (χ1v) is 8.49. The molecule has 0 bridgehead atoms. The average Bonchev–Trinajstić information content (AvgIpc) is 2.68. The molecule has 4 rings (SSSR count). The summed E-state index contributed by atoms with van der Waals surface area (Å²) in [6, 6.07) is 0.538. The van der Waals surface area contributed by atoms with E-state index < -0.39 is 0 Å². The highest BCUT2D eigenvalue weighted by Gasteiger charge is 2.30. The van der Waals surface area contributed by atoms with Crippen LogP contribution in [0.5, 0.6) is 0 Å². The van der Waals surface area contributed by atoms with Crippen molar-refractivity contribution < 1.29 is 0 Å². The number of likely N-dealkylation sites (tertiary alicyclic amines) is 1. The Balaban J connectivity index is 1.51. The van der Waals surface area contributed by atoms with Crippen molar-refractivity contribution in [1.29, 1.82) is 0 Å². The molecule has 0 spiro atoms. The van der Waals surface area contributed by atoms with Gasteiger partial charge in [0.2, 0.25) is 0 Å². The van der Waals surface area contributed by atoms with Gasteiger partial charge >= 0.3 is 0 Å². The van der Waals surface area contributed by atoms with Gasteiger partial charge < -0.3 is 15.2 Å². The Bertz CT molecular complexity index is 697. The first-order valence-electron chi connectivity index (χ1n) is 7.41. The molecule has 2 N–H and O–H groups in total. The van der Waals surface area contributed by atoms with Crippen LogP contribution < -0.4 is 5.73 Å². The van der Waals surface area contributed by atoms with Crippen LogP contribution in [0.25, 0.3) is 11.0 Å². The van der Waals surface area contributed by atoms with Gasteiger partial charge in [-0.3, -0.25) is 0 Å². The third-order valence-electron chi connectivity index (χ3n) is 4.60. The quantitative estimate of drug-likeness (QED) is 0.813. The number of nitrogens with two attached hydrogens (primary N) is 1. The van der Waals surface area contributed by atoms with Crippen LogP contribution in [0.3, 0.4) is 0 Å². The van der Waals surface area contributed by atoms with Crippen molar-refractivity contribution >= 4 is 39.4 Å². The van der Waals surface area contributed by atoms with Gasteiger partial charge in [0.1, 0.15) is 17.8 Å². The fourth-order valence-electron chi connectivity index (χ4n) is 3.09. The fourth-order valence-corrected chi connectivity index (χ4v) is 3.91. The van der Waals surface area contributed by atoms with E-state index >= 15 is 0 Å². The fraction of sp³-hybridized carbons (Fsp3) is 0.467. The lowest BCUT2D eigenvalue weighted by Gasteiger charge is -2.36. The summed E-state index contributed by atoms with van der Waals surface area (Å²) in [7, 11) is 0. The second-order valence-electron chi connectivity index (χ2n) is 5.96. The van der Waals surface area contributed by atoms with Crippen LogP contribution in [0, 0.1) is 9.49 Å². The van der Waals surface area contributed by atoms with Crippen molar-refractivity contribution in [2.24, 2.45) is 5.92 Å². The van der Waals surface area contributed by atoms with Crippen molar-refractivity contribution in [2.45, 2.75) is 25.3 Å². The minimum atomic E-state index is 0.538. The molecule has 21 heavy (non-hydrogen) atoms. The predicted molar refractivity (Wildman–Crippen MR) is 91.7 cm³/mol. The summed E-state index contributed by atoms with van der Waals surface area (Å²) in [4.78, 5) is 10.9. The Hall–Kier alpha value is -1.31. The lowest BCUT2D eigenvalue weighted by molar-refractivity contribution is 0.232. The molecule has 6 heteroatoms. The standard InChI is InChI=1S/C15H18IN5/c16-12-8-21(15-13(12)14(17)18-9-19-15)11-6-10(7-11)2-5-20-3-1-4-20/h2,5,8-11H,1,3-4,6-7H2,(H2,17,18,19)/b5-2+/t10-,11+. The van der Waals surface area contributed by atoms with Gasteiger partial charge in [0, 0.05) is 28.9 Å². The largest absolute Gasteiger partial charge is 0.383 e. The highest BCUT2D eigenvalue weighted by Crippen LogP contribution is 2.41. The summed E-state index contributed by atoms with van der Waals surface area (Å²) in [5.41, 5.74) is 6.95. The number of rotatable bonds is 3. The Morgan fingerprint density at radius 3 is 2.81 bits per heavy atom.